The second kappa shape index (κ2) is 7.63. The molecule has 0 saturated carbocycles. The normalized spacial score (nSPS) is 10.0. The number of anilines is 1. The van der Waals surface area contributed by atoms with Crippen LogP contribution in [0.15, 0.2) is 27.2 Å². The maximum Gasteiger partial charge on any atom is 0.254 e. The number of aromatic nitrogens is 1. The Bertz CT molecular complexity index is 703. The Morgan fingerprint density at radius 2 is 2.36 bits per heavy atom. The quantitative estimate of drug-likeness (QED) is 0.781. The molecule has 2 aromatic heterocycles. The summed E-state index contributed by atoms with van der Waals surface area (Å²) in [6.07, 6.45) is 2.68. The van der Waals surface area contributed by atoms with Gasteiger partial charge in [-0.25, -0.2) is 4.98 Å². The van der Waals surface area contributed by atoms with Crippen LogP contribution in [-0.2, 0) is 4.79 Å². The standard InChI is InChI=1S/C13H12N4O3S2/c1-8-12(21-5-3-14)22-13(16-8)17-10(18)6-15-11(19)9-2-4-20-7-9/h2,4,7H,5-6H2,1H3,(H,15,19)(H,16,17,18). The fraction of sp³-hybridized carbons (Fsp3) is 0.231. The van der Waals surface area contributed by atoms with E-state index >= 15 is 0 Å². The van der Waals surface area contributed by atoms with Gasteiger partial charge in [0.15, 0.2) is 5.13 Å². The molecule has 0 saturated heterocycles. The van der Waals surface area contributed by atoms with E-state index in [-0.39, 0.29) is 18.4 Å². The third kappa shape index (κ3) is 4.34. The Morgan fingerprint density at radius 1 is 1.55 bits per heavy atom. The van der Waals surface area contributed by atoms with Crippen molar-refractivity contribution in [2.75, 3.05) is 17.6 Å². The van der Waals surface area contributed by atoms with Crippen molar-refractivity contribution in [2.45, 2.75) is 11.1 Å². The molecule has 0 spiro atoms. The van der Waals surface area contributed by atoms with Crippen LogP contribution in [-0.4, -0.2) is 29.1 Å². The van der Waals surface area contributed by atoms with Gasteiger partial charge in [0.1, 0.15) is 6.26 Å². The van der Waals surface area contributed by atoms with E-state index in [0.717, 1.165) is 9.90 Å². The van der Waals surface area contributed by atoms with Crippen LogP contribution in [0.3, 0.4) is 0 Å². The molecular formula is C13H12N4O3S2. The Labute approximate surface area is 134 Å². The van der Waals surface area contributed by atoms with E-state index in [9.17, 15) is 9.59 Å². The highest BCUT2D eigenvalue weighted by Gasteiger charge is 2.12. The van der Waals surface area contributed by atoms with Crippen molar-refractivity contribution in [3.8, 4) is 6.07 Å². The average Bonchev–Trinajstić information content (AvgIpc) is 3.13. The molecule has 2 rings (SSSR count). The van der Waals surface area contributed by atoms with Crippen molar-refractivity contribution in [1.29, 1.82) is 5.26 Å². The van der Waals surface area contributed by atoms with Crippen LogP contribution in [0.2, 0.25) is 0 Å². The van der Waals surface area contributed by atoms with E-state index in [2.05, 4.69) is 15.6 Å². The molecule has 0 fully saturated rings. The lowest BCUT2D eigenvalue weighted by atomic mass is 10.3. The van der Waals surface area contributed by atoms with E-state index in [1.807, 2.05) is 13.0 Å². The molecule has 2 amide bonds. The molecule has 22 heavy (non-hydrogen) atoms. The minimum Gasteiger partial charge on any atom is -0.472 e. The van der Waals surface area contributed by atoms with Crippen LogP contribution in [0.5, 0.6) is 0 Å². The van der Waals surface area contributed by atoms with Gasteiger partial charge in [-0.1, -0.05) is 23.1 Å². The number of nitriles is 1. The number of thioether (sulfide) groups is 1. The summed E-state index contributed by atoms with van der Waals surface area (Å²) in [6, 6.07) is 3.55. The number of carbonyl (C=O) groups excluding carboxylic acids is 2. The van der Waals surface area contributed by atoms with Crippen LogP contribution < -0.4 is 10.6 Å². The van der Waals surface area contributed by atoms with E-state index in [1.165, 1.54) is 41.7 Å². The van der Waals surface area contributed by atoms with Gasteiger partial charge >= 0.3 is 0 Å². The maximum atomic E-state index is 11.8. The molecule has 7 nitrogen and oxygen atoms in total. The second-order valence-electron chi connectivity index (χ2n) is 4.08. The minimum absolute atomic E-state index is 0.163. The largest absolute Gasteiger partial charge is 0.472 e. The minimum atomic E-state index is -0.385. The number of hydrogen-bond acceptors (Lipinski definition) is 7. The Morgan fingerprint density at radius 3 is 3.05 bits per heavy atom. The number of carbonyl (C=O) groups is 2. The lowest BCUT2D eigenvalue weighted by Crippen LogP contribution is -2.32. The number of thiazole rings is 1. The summed E-state index contributed by atoms with van der Waals surface area (Å²) in [4.78, 5) is 27.6. The zero-order valence-corrected chi connectivity index (χ0v) is 13.2. The van der Waals surface area contributed by atoms with E-state index in [1.54, 1.807) is 0 Å². The number of aryl methyl sites for hydroxylation is 1. The molecule has 2 heterocycles. The van der Waals surface area contributed by atoms with Crippen LogP contribution in [0.4, 0.5) is 5.13 Å². The van der Waals surface area contributed by atoms with E-state index in [0.29, 0.717) is 16.4 Å². The lowest BCUT2D eigenvalue weighted by molar-refractivity contribution is -0.115. The molecule has 0 radical (unpaired) electrons. The predicted octanol–water partition coefficient (Wildman–Crippen LogP) is 2.03. The monoisotopic (exact) mass is 336 g/mol. The summed E-state index contributed by atoms with van der Waals surface area (Å²) in [5.74, 6) is -0.427. The van der Waals surface area contributed by atoms with Crippen molar-refractivity contribution in [3.63, 3.8) is 0 Å². The van der Waals surface area contributed by atoms with Crippen molar-refractivity contribution in [1.82, 2.24) is 10.3 Å². The summed E-state index contributed by atoms with van der Waals surface area (Å²) in [5, 5.41) is 14.1. The number of furan rings is 1. The second-order valence-corrected chi connectivity index (χ2v) is 6.32. The smallest absolute Gasteiger partial charge is 0.254 e. The molecule has 2 N–H and O–H groups in total. The maximum absolute atomic E-state index is 11.8. The Balaban J connectivity index is 1.84. The van der Waals surface area contributed by atoms with Gasteiger partial charge in [0.2, 0.25) is 5.91 Å². The van der Waals surface area contributed by atoms with Gasteiger partial charge in [-0.3, -0.25) is 9.59 Å². The summed E-state index contributed by atoms with van der Waals surface area (Å²) in [5.41, 5.74) is 1.12. The molecule has 0 aliphatic rings. The fourth-order valence-electron chi connectivity index (χ4n) is 1.49. The third-order valence-corrected chi connectivity index (χ3v) is 4.76. The van der Waals surface area contributed by atoms with Crippen molar-refractivity contribution >= 4 is 40.0 Å². The first-order valence-corrected chi connectivity index (χ1v) is 7.97. The first kappa shape index (κ1) is 16.1. The van der Waals surface area contributed by atoms with Crippen LogP contribution in [0, 0.1) is 18.3 Å². The molecule has 0 aliphatic heterocycles. The number of amides is 2. The van der Waals surface area contributed by atoms with Gasteiger partial charge in [0.25, 0.3) is 5.91 Å². The molecular weight excluding hydrogens is 324 g/mol. The number of rotatable bonds is 6. The molecule has 0 aliphatic carbocycles. The molecule has 0 atom stereocenters. The van der Waals surface area contributed by atoms with E-state index in [4.69, 9.17) is 9.68 Å². The predicted molar refractivity (Wildman–Crippen MR) is 82.9 cm³/mol. The van der Waals surface area contributed by atoms with Crippen LogP contribution >= 0.6 is 23.1 Å². The molecule has 2 aromatic rings. The van der Waals surface area contributed by atoms with Gasteiger partial charge in [-0.2, -0.15) is 5.26 Å². The molecule has 0 aromatic carbocycles. The van der Waals surface area contributed by atoms with Crippen LogP contribution in [0.25, 0.3) is 0 Å². The molecule has 0 bridgehead atoms. The zero-order chi connectivity index (χ0) is 15.9. The summed E-state index contributed by atoms with van der Waals surface area (Å²) >= 11 is 2.68. The number of nitrogens with zero attached hydrogens (tertiary/aromatic N) is 2. The number of nitrogens with one attached hydrogen (secondary N) is 2. The number of hydrogen-bond donors (Lipinski definition) is 2. The van der Waals surface area contributed by atoms with Gasteiger partial charge < -0.3 is 15.1 Å². The van der Waals surface area contributed by atoms with Gasteiger partial charge in [-0.15, -0.1) is 0 Å². The van der Waals surface area contributed by atoms with E-state index < -0.39 is 0 Å². The lowest BCUT2D eigenvalue weighted by Gasteiger charge is -2.03. The van der Waals surface area contributed by atoms with Crippen molar-refractivity contribution < 1.29 is 14.0 Å². The first-order valence-electron chi connectivity index (χ1n) is 6.17. The Kier molecular flexibility index (Phi) is 5.57. The third-order valence-electron chi connectivity index (χ3n) is 2.46. The van der Waals surface area contributed by atoms with Crippen molar-refractivity contribution in [2.24, 2.45) is 0 Å². The zero-order valence-electron chi connectivity index (χ0n) is 11.6. The molecule has 114 valence electrons. The average molecular weight is 336 g/mol. The van der Waals surface area contributed by atoms with Gasteiger partial charge in [0, 0.05) is 0 Å². The van der Waals surface area contributed by atoms with Gasteiger partial charge in [-0.05, 0) is 13.0 Å². The fourth-order valence-corrected chi connectivity index (χ4v) is 3.30. The topological polar surface area (TPSA) is 108 Å². The highest BCUT2D eigenvalue weighted by molar-refractivity contribution is 8.01. The summed E-state index contributed by atoms with van der Waals surface area (Å²) < 4.78 is 5.68. The van der Waals surface area contributed by atoms with Crippen molar-refractivity contribution in [3.05, 3.63) is 29.9 Å². The highest BCUT2D eigenvalue weighted by Crippen LogP contribution is 2.31. The SMILES string of the molecule is Cc1nc(NC(=O)CNC(=O)c2ccoc2)sc1SCC#N. The molecule has 9 heteroatoms. The highest BCUT2D eigenvalue weighted by atomic mass is 32.2. The summed E-state index contributed by atoms with van der Waals surface area (Å²) in [7, 11) is 0. The Hall–Kier alpha value is -2.31. The first-order chi connectivity index (χ1) is 10.6. The molecule has 0 unspecified atom stereocenters. The summed E-state index contributed by atoms with van der Waals surface area (Å²) in [6.45, 7) is 1.65. The van der Waals surface area contributed by atoms with Crippen LogP contribution in [0.1, 0.15) is 16.1 Å². The van der Waals surface area contributed by atoms with Gasteiger partial charge in [0.05, 0.1) is 40.1 Å².